The quantitative estimate of drug-likeness (QED) is 0.761. The largest absolute Gasteiger partial charge is 0.481 e. The van der Waals surface area contributed by atoms with Crippen LogP contribution in [0.5, 0.6) is 5.88 Å². The number of pyridine rings is 1. The molecule has 18 heavy (non-hydrogen) atoms. The minimum Gasteiger partial charge on any atom is -0.481 e. The third-order valence-corrected chi connectivity index (χ3v) is 3.27. The van der Waals surface area contributed by atoms with Crippen LogP contribution < -0.4 is 10.5 Å². The van der Waals surface area contributed by atoms with Crippen LogP contribution in [-0.4, -0.2) is 34.6 Å². The van der Waals surface area contributed by atoms with Crippen LogP contribution in [-0.2, 0) is 6.54 Å². The van der Waals surface area contributed by atoms with Crippen molar-refractivity contribution in [1.82, 2.24) is 9.88 Å². The van der Waals surface area contributed by atoms with Crippen molar-refractivity contribution in [3.63, 3.8) is 0 Å². The van der Waals surface area contributed by atoms with E-state index >= 15 is 0 Å². The fourth-order valence-electron chi connectivity index (χ4n) is 1.95. The summed E-state index contributed by atoms with van der Waals surface area (Å²) < 4.78 is 5.14. The maximum atomic E-state index is 5.57. The molecule has 0 saturated heterocycles. The molecule has 1 heterocycles. The predicted octanol–water partition coefficient (Wildman–Crippen LogP) is 1.73. The highest BCUT2D eigenvalue weighted by molar-refractivity contribution is 7.80. The summed E-state index contributed by atoms with van der Waals surface area (Å²) in [5, 5.41) is 0. The topological polar surface area (TPSA) is 51.4 Å². The van der Waals surface area contributed by atoms with Crippen molar-refractivity contribution in [2.75, 3.05) is 13.7 Å². The third kappa shape index (κ3) is 3.92. The van der Waals surface area contributed by atoms with Crippen LogP contribution >= 0.6 is 12.2 Å². The van der Waals surface area contributed by atoms with Gasteiger partial charge < -0.3 is 10.5 Å². The van der Waals surface area contributed by atoms with Crippen LogP contribution in [0, 0.1) is 0 Å². The fraction of sp³-hybridized carbons (Fsp3) is 0.538. The Morgan fingerprint density at radius 2 is 2.33 bits per heavy atom. The first-order chi connectivity index (χ1) is 8.69. The number of nitrogens with zero attached hydrogens (tertiary/aromatic N) is 2. The van der Waals surface area contributed by atoms with Crippen LogP contribution in [0.25, 0.3) is 0 Å². The summed E-state index contributed by atoms with van der Waals surface area (Å²) in [5.74, 6) is 0.664. The molecule has 1 aromatic heterocycles. The van der Waals surface area contributed by atoms with Crippen LogP contribution in [0.3, 0.4) is 0 Å². The lowest BCUT2D eigenvalue weighted by atomic mass is 10.3. The van der Waals surface area contributed by atoms with Gasteiger partial charge in [-0.15, -0.1) is 0 Å². The number of ether oxygens (including phenoxy) is 1. The van der Waals surface area contributed by atoms with E-state index in [2.05, 4.69) is 9.88 Å². The Bertz CT molecular complexity index is 420. The third-order valence-electron chi connectivity index (χ3n) is 3.06. The van der Waals surface area contributed by atoms with Gasteiger partial charge in [0.25, 0.3) is 0 Å². The second-order valence-electron chi connectivity index (χ2n) is 4.59. The molecule has 0 radical (unpaired) electrons. The monoisotopic (exact) mass is 265 g/mol. The van der Waals surface area contributed by atoms with Crippen molar-refractivity contribution in [1.29, 1.82) is 0 Å². The number of thiocarbonyl (C=S) groups is 1. The summed E-state index contributed by atoms with van der Waals surface area (Å²) in [6.07, 6.45) is 3.30. The molecule has 0 unspecified atom stereocenters. The lowest BCUT2D eigenvalue weighted by Crippen LogP contribution is -2.29. The van der Waals surface area contributed by atoms with E-state index < -0.39 is 0 Å². The number of hydrogen-bond acceptors (Lipinski definition) is 4. The van der Waals surface area contributed by atoms with Gasteiger partial charge in [0, 0.05) is 31.6 Å². The molecule has 5 heteroatoms. The molecule has 1 fully saturated rings. The summed E-state index contributed by atoms with van der Waals surface area (Å²) in [6.45, 7) is 1.75. The Balaban J connectivity index is 1.96. The zero-order valence-corrected chi connectivity index (χ0v) is 11.4. The highest BCUT2D eigenvalue weighted by atomic mass is 32.1. The highest BCUT2D eigenvalue weighted by Crippen LogP contribution is 2.28. The van der Waals surface area contributed by atoms with Crippen molar-refractivity contribution in [3.8, 4) is 5.88 Å². The molecule has 1 aliphatic rings. The van der Waals surface area contributed by atoms with Gasteiger partial charge in [-0.25, -0.2) is 4.98 Å². The second-order valence-corrected chi connectivity index (χ2v) is 5.11. The standard InChI is InChI=1S/C13H19N3OS/c1-17-13-4-2-3-10(15-13)9-16(11-5-6-11)8-7-12(14)18/h2-4,11H,5-9H2,1H3,(H2,14,18). The minimum atomic E-state index is 0.583. The maximum Gasteiger partial charge on any atom is 0.213 e. The van der Waals surface area contributed by atoms with Crippen LogP contribution in [0.1, 0.15) is 25.0 Å². The second kappa shape index (κ2) is 6.11. The molecule has 1 aromatic rings. The van der Waals surface area contributed by atoms with Crippen molar-refractivity contribution in [2.24, 2.45) is 5.73 Å². The van der Waals surface area contributed by atoms with Gasteiger partial charge in [-0.2, -0.15) is 0 Å². The van der Waals surface area contributed by atoms with Crippen molar-refractivity contribution in [3.05, 3.63) is 23.9 Å². The molecule has 0 aromatic carbocycles. The first kappa shape index (κ1) is 13.2. The number of aromatic nitrogens is 1. The van der Waals surface area contributed by atoms with E-state index in [-0.39, 0.29) is 0 Å². The first-order valence-electron chi connectivity index (χ1n) is 6.21. The molecule has 0 amide bonds. The molecule has 2 N–H and O–H groups in total. The lowest BCUT2D eigenvalue weighted by Gasteiger charge is -2.21. The first-order valence-corrected chi connectivity index (χ1v) is 6.62. The van der Waals surface area contributed by atoms with Crippen LogP contribution in [0.15, 0.2) is 18.2 Å². The number of methoxy groups -OCH3 is 1. The lowest BCUT2D eigenvalue weighted by molar-refractivity contribution is 0.258. The SMILES string of the molecule is COc1cccc(CN(CCC(N)=S)C2CC2)n1. The van der Waals surface area contributed by atoms with E-state index in [1.54, 1.807) is 7.11 Å². The van der Waals surface area contributed by atoms with Gasteiger partial charge in [0.15, 0.2) is 0 Å². The molecule has 0 atom stereocenters. The Kier molecular flexibility index (Phi) is 4.49. The van der Waals surface area contributed by atoms with Gasteiger partial charge in [-0.3, -0.25) is 4.90 Å². The Hall–Kier alpha value is -1.20. The van der Waals surface area contributed by atoms with E-state index in [4.69, 9.17) is 22.7 Å². The predicted molar refractivity (Wildman–Crippen MR) is 75.6 cm³/mol. The van der Waals surface area contributed by atoms with Gasteiger partial charge >= 0.3 is 0 Å². The molecule has 2 rings (SSSR count). The fourth-order valence-corrected chi connectivity index (χ4v) is 2.04. The van der Waals surface area contributed by atoms with Crippen molar-refractivity contribution < 1.29 is 4.74 Å². The molecule has 98 valence electrons. The number of hydrogen-bond donors (Lipinski definition) is 1. The van der Waals surface area contributed by atoms with Crippen molar-refractivity contribution >= 4 is 17.2 Å². The van der Waals surface area contributed by atoms with Gasteiger partial charge in [0.05, 0.1) is 17.8 Å². The Labute approximate surface area is 113 Å². The van der Waals surface area contributed by atoms with Crippen LogP contribution in [0.4, 0.5) is 0 Å². The average Bonchev–Trinajstić information content (AvgIpc) is 3.18. The number of rotatable bonds is 7. The molecule has 4 nitrogen and oxygen atoms in total. The summed E-state index contributed by atoms with van der Waals surface area (Å²) in [7, 11) is 1.64. The van der Waals surface area contributed by atoms with Crippen molar-refractivity contribution in [2.45, 2.75) is 31.8 Å². The van der Waals surface area contributed by atoms with Gasteiger partial charge in [-0.05, 0) is 18.9 Å². The average molecular weight is 265 g/mol. The smallest absolute Gasteiger partial charge is 0.213 e. The number of nitrogens with two attached hydrogens (primary N) is 1. The molecule has 1 aliphatic carbocycles. The van der Waals surface area contributed by atoms with E-state index in [1.807, 2.05) is 18.2 Å². The van der Waals surface area contributed by atoms with E-state index in [9.17, 15) is 0 Å². The molecular weight excluding hydrogens is 246 g/mol. The summed E-state index contributed by atoms with van der Waals surface area (Å²) in [6, 6.07) is 6.53. The molecule has 0 bridgehead atoms. The molecular formula is C13H19N3OS. The summed E-state index contributed by atoms with van der Waals surface area (Å²) in [5.41, 5.74) is 6.60. The Morgan fingerprint density at radius 3 is 2.94 bits per heavy atom. The van der Waals surface area contributed by atoms with Gasteiger partial charge in [0.1, 0.15) is 0 Å². The molecule has 1 saturated carbocycles. The van der Waals surface area contributed by atoms with Gasteiger partial charge in [-0.1, -0.05) is 18.3 Å². The zero-order chi connectivity index (χ0) is 13.0. The molecule has 0 spiro atoms. The normalized spacial score (nSPS) is 14.8. The Morgan fingerprint density at radius 1 is 1.56 bits per heavy atom. The van der Waals surface area contributed by atoms with Gasteiger partial charge in [0.2, 0.25) is 5.88 Å². The zero-order valence-electron chi connectivity index (χ0n) is 10.6. The minimum absolute atomic E-state index is 0.583. The van der Waals surface area contributed by atoms with E-state index in [1.165, 1.54) is 12.8 Å². The van der Waals surface area contributed by atoms with E-state index in [0.29, 0.717) is 16.9 Å². The molecule has 0 aliphatic heterocycles. The van der Waals surface area contributed by atoms with Crippen LogP contribution in [0.2, 0.25) is 0 Å². The highest BCUT2D eigenvalue weighted by Gasteiger charge is 2.28. The summed E-state index contributed by atoms with van der Waals surface area (Å²) in [4.78, 5) is 7.43. The van der Waals surface area contributed by atoms with E-state index in [0.717, 1.165) is 25.2 Å². The summed E-state index contributed by atoms with van der Waals surface area (Å²) >= 11 is 4.94. The maximum absolute atomic E-state index is 5.57.